The third-order valence-corrected chi connectivity index (χ3v) is 11.1. The van der Waals surface area contributed by atoms with Crippen LogP contribution < -0.4 is 9.77 Å². The molecule has 2 saturated heterocycles. The van der Waals surface area contributed by atoms with E-state index in [2.05, 4.69) is 75.4 Å². The van der Waals surface area contributed by atoms with Crippen LogP contribution in [0.2, 0.25) is 0 Å². The Balaban J connectivity index is 0.849. The Hall–Kier alpha value is -3.85. The quantitative estimate of drug-likeness (QED) is 0.113. The lowest BCUT2D eigenvalue weighted by atomic mass is 9.89. The van der Waals surface area contributed by atoms with E-state index in [0.29, 0.717) is 12.1 Å². The molecule has 7 rings (SSSR count). The van der Waals surface area contributed by atoms with E-state index in [1.165, 1.54) is 51.9 Å². The Morgan fingerprint density at radius 3 is 2.32 bits per heavy atom. The van der Waals surface area contributed by atoms with Crippen LogP contribution in [0, 0.1) is 11.7 Å². The lowest BCUT2D eigenvalue weighted by Crippen LogP contribution is -2.46. The fourth-order valence-electron chi connectivity index (χ4n) is 7.35. The van der Waals surface area contributed by atoms with Crippen LogP contribution in [0.25, 0.3) is 21.0 Å². The summed E-state index contributed by atoms with van der Waals surface area (Å²) in [4.78, 5) is 33.4. The van der Waals surface area contributed by atoms with E-state index in [4.69, 9.17) is 0 Å². The highest BCUT2D eigenvalue weighted by molar-refractivity contribution is 7.16. The zero-order valence-electron chi connectivity index (χ0n) is 27.0. The molecule has 47 heavy (non-hydrogen) atoms. The van der Waals surface area contributed by atoms with Crippen molar-refractivity contribution in [1.82, 2.24) is 14.4 Å². The average molecular weight is 651 g/mol. The van der Waals surface area contributed by atoms with Gasteiger partial charge in [-0.2, -0.15) is 0 Å². The van der Waals surface area contributed by atoms with Crippen LogP contribution in [-0.2, 0) is 13.0 Å². The summed E-state index contributed by atoms with van der Waals surface area (Å²) in [5, 5.41) is 2.65. The number of piperidine rings is 1. The van der Waals surface area contributed by atoms with Crippen molar-refractivity contribution >= 4 is 43.8 Å². The molecule has 2 fully saturated rings. The number of nitrogens with zero attached hydrogens (tertiary/aromatic N) is 4. The van der Waals surface area contributed by atoms with Crippen molar-refractivity contribution in [3.05, 3.63) is 112 Å². The topological polar surface area (TPSA) is 48.8 Å². The smallest absolute Gasteiger partial charge is 0.308 e. The number of hydrogen-bond donors (Lipinski definition) is 0. The number of hydrogen-bond acceptors (Lipinski definition) is 6. The molecule has 2 aliphatic rings. The molecule has 5 aromatic rings. The fourth-order valence-corrected chi connectivity index (χ4v) is 8.33. The third kappa shape index (κ3) is 7.35. The summed E-state index contributed by atoms with van der Waals surface area (Å²) in [7, 11) is 0. The predicted molar refractivity (Wildman–Crippen MR) is 192 cm³/mol. The van der Waals surface area contributed by atoms with Gasteiger partial charge in [-0.05, 0) is 105 Å². The van der Waals surface area contributed by atoms with Crippen LogP contribution in [0.5, 0.6) is 0 Å². The number of carbonyl (C=O) groups excluding carboxylic acids is 1. The molecular formula is C39H43FN4O2S. The molecule has 0 bridgehead atoms. The van der Waals surface area contributed by atoms with Gasteiger partial charge in [0, 0.05) is 61.8 Å². The molecule has 3 heterocycles. The molecule has 0 spiro atoms. The van der Waals surface area contributed by atoms with E-state index in [0.717, 1.165) is 88.3 Å². The minimum atomic E-state index is -0.322. The number of anilines is 1. The number of thiazole rings is 1. The number of benzene rings is 4. The maximum absolute atomic E-state index is 13.2. The zero-order chi connectivity index (χ0) is 32.2. The van der Waals surface area contributed by atoms with Crippen LogP contribution >= 0.6 is 11.3 Å². The molecule has 0 N–H and O–H groups in total. The Morgan fingerprint density at radius 2 is 1.51 bits per heavy atom. The van der Waals surface area contributed by atoms with Crippen molar-refractivity contribution in [2.24, 2.45) is 5.92 Å². The van der Waals surface area contributed by atoms with Crippen molar-refractivity contribution < 1.29 is 9.18 Å². The van der Waals surface area contributed by atoms with Gasteiger partial charge in [-0.15, -0.1) is 0 Å². The van der Waals surface area contributed by atoms with Crippen molar-refractivity contribution in [2.45, 2.75) is 38.6 Å². The van der Waals surface area contributed by atoms with Crippen LogP contribution in [0.3, 0.4) is 0 Å². The summed E-state index contributed by atoms with van der Waals surface area (Å²) < 4.78 is 16.2. The Bertz CT molecular complexity index is 1880. The Kier molecular flexibility index (Phi) is 9.79. The molecule has 0 aliphatic carbocycles. The third-order valence-electron chi connectivity index (χ3n) is 10.1. The molecule has 6 nitrogen and oxygen atoms in total. The number of rotatable bonds is 11. The monoisotopic (exact) mass is 650 g/mol. The molecule has 244 valence electrons. The summed E-state index contributed by atoms with van der Waals surface area (Å²) in [6.07, 6.45) is 4.93. The average Bonchev–Trinajstić information content (AvgIpc) is 3.43. The number of Topliss-reactive ketones (excluding diaryl/α,β-unsaturated/α-hetero) is 1. The summed E-state index contributed by atoms with van der Waals surface area (Å²) >= 11 is 1.35. The summed E-state index contributed by atoms with van der Waals surface area (Å²) in [5.41, 5.74) is 4.27. The summed E-state index contributed by atoms with van der Waals surface area (Å²) in [5.74, 6) is -0.236. The molecular weight excluding hydrogens is 608 g/mol. The molecule has 0 unspecified atom stereocenters. The second-order valence-corrected chi connectivity index (χ2v) is 14.1. The number of aromatic nitrogens is 1. The molecule has 8 heteroatoms. The van der Waals surface area contributed by atoms with E-state index in [-0.39, 0.29) is 22.4 Å². The first-order valence-corrected chi connectivity index (χ1v) is 17.9. The van der Waals surface area contributed by atoms with E-state index in [1.54, 1.807) is 12.1 Å². The van der Waals surface area contributed by atoms with E-state index < -0.39 is 0 Å². The van der Waals surface area contributed by atoms with E-state index >= 15 is 0 Å². The minimum absolute atomic E-state index is 0.0224. The summed E-state index contributed by atoms with van der Waals surface area (Å²) in [6.45, 7) is 8.57. The Labute approximate surface area is 280 Å². The van der Waals surface area contributed by atoms with E-state index in [1.807, 2.05) is 4.57 Å². The molecule has 0 radical (unpaired) electrons. The van der Waals surface area contributed by atoms with Crippen LogP contribution in [0.4, 0.5) is 10.1 Å². The highest BCUT2D eigenvalue weighted by Crippen LogP contribution is 2.28. The van der Waals surface area contributed by atoms with Gasteiger partial charge in [0.05, 0.1) is 10.2 Å². The van der Waals surface area contributed by atoms with Gasteiger partial charge in [-0.1, -0.05) is 53.8 Å². The van der Waals surface area contributed by atoms with Gasteiger partial charge >= 0.3 is 4.87 Å². The number of aryl methyl sites for hydroxylation is 1. The Morgan fingerprint density at radius 1 is 0.766 bits per heavy atom. The lowest BCUT2D eigenvalue weighted by Gasteiger charge is -2.36. The summed E-state index contributed by atoms with van der Waals surface area (Å²) in [6, 6.07) is 27.7. The van der Waals surface area contributed by atoms with Crippen molar-refractivity contribution in [1.29, 1.82) is 0 Å². The molecule has 0 saturated carbocycles. The number of halogens is 1. The number of carbonyl (C=O) groups is 1. The number of likely N-dealkylation sites (tertiary alicyclic amines) is 1. The minimum Gasteiger partial charge on any atom is -0.368 e. The van der Waals surface area contributed by atoms with Gasteiger partial charge in [-0.25, -0.2) is 4.39 Å². The molecule has 4 aromatic carbocycles. The predicted octanol–water partition coefficient (Wildman–Crippen LogP) is 7.10. The second-order valence-electron chi connectivity index (χ2n) is 13.1. The first-order valence-electron chi connectivity index (χ1n) is 17.1. The molecule has 1 aromatic heterocycles. The van der Waals surface area contributed by atoms with Crippen LogP contribution in [0.1, 0.15) is 41.6 Å². The lowest BCUT2D eigenvalue weighted by molar-refractivity contribution is 0.0837. The van der Waals surface area contributed by atoms with Gasteiger partial charge in [0.2, 0.25) is 0 Å². The first-order chi connectivity index (χ1) is 23.0. The number of unbranched alkanes of at least 4 members (excludes halogenated alkanes) is 1. The molecule has 0 amide bonds. The van der Waals surface area contributed by atoms with E-state index in [9.17, 15) is 14.0 Å². The number of fused-ring (bicyclic) bond motifs is 2. The number of piperazine rings is 1. The van der Waals surface area contributed by atoms with Gasteiger partial charge in [-0.3, -0.25) is 19.1 Å². The molecule has 2 aliphatic heterocycles. The van der Waals surface area contributed by atoms with Gasteiger partial charge in [0.15, 0.2) is 5.78 Å². The standard InChI is InChI=1S/C39H43FN4O2S/c40-33-14-12-31(13-15-33)38(45)32-17-20-42(21-18-32)24-27-44-36-16-11-29(28-37(36)47-39(44)46)6-3-4-19-41-22-25-43(26-23-41)35-10-5-8-30-7-1-2-9-34(30)35/h1-2,5,7-16,28,32H,3-4,6,17-27H2. The highest BCUT2D eigenvalue weighted by atomic mass is 32.1. The largest absolute Gasteiger partial charge is 0.368 e. The normalized spacial score (nSPS) is 16.7. The zero-order valence-corrected chi connectivity index (χ0v) is 27.8. The molecule has 0 atom stereocenters. The van der Waals surface area contributed by atoms with Crippen molar-refractivity contribution in [3.63, 3.8) is 0 Å². The first kappa shape index (κ1) is 31.7. The second kappa shape index (κ2) is 14.5. The van der Waals surface area contributed by atoms with Crippen molar-refractivity contribution in [2.75, 3.05) is 57.3 Å². The van der Waals surface area contributed by atoms with Gasteiger partial charge < -0.3 is 9.80 Å². The van der Waals surface area contributed by atoms with Gasteiger partial charge in [0.25, 0.3) is 0 Å². The van der Waals surface area contributed by atoms with Crippen molar-refractivity contribution in [3.8, 4) is 0 Å². The van der Waals surface area contributed by atoms with Crippen LogP contribution in [-0.4, -0.2) is 72.5 Å². The maximum atomic E-state index is 13.2. The van der Waals surface area contributed by atoms with Crippen LogP contribution in [0.15, 0.2) is 89.7 Å². The van der Waals surface area contributed by atoms with Gasteiger partial charge in [0.1, 0.15) is 5.82 Å². The highest BCUT2D eigenvalue weighted by Gasteiger charge is 2.26. The maximum Gasteiger partial charge on any atom is 0.308 e. The fraction of sp³-hybridized carbons (Fsp3) is 0.385. The SMILES string of the molecule is O=C(c1ccc(F)cc1)C1CCN(CCn2c(=O)sc3cc(CCCCN4CCN(c5cccc6ccccc56)CC4)ccc32)CC1. The number of ketones is 1.